The largest absolute Gasteiger partial charge is 0.399 e. The van der Waals surface area contributed by atoms with E-state index in [4.69, 9.17) is 5.73 Å². The van der Waals surface area contributed by atoms with Crippen LogP contribution in [0.2, 0.25) is 0 Å². The summed E-state index contributed by atoms with van der Waals surface area (Å²) in [5.74, 6) is 0. The minimum absolute atomic E-state index is 0.826. The third-order valence-corrected chi connectivity index (χ3v) is 1.91. The van der Waals surface area contributed by atoms with Gasteiger partial charge >= 0.3 is 0 Å². The quantitative estimate of drug-likeness (QED) is 0.730. The van der Waals surface area contributed by atoms with Gasteiger partial charge in [-0.15, -0.1) is 0 Å². The number of benzene rings is 1. The molecular formula is C12H15N. The minimum atomic E-state index is 0.826. The number of hydrogen-bond donors (Lipinski definition) is 1. The topological polar surface area (TPSA) is 26.0 Å². The van der Waals surface area contributed by atoms with Gasteiger partial charge in [-0.2, -0.15) is 0 Å². The van der Waals surface area contributed by atoms with E-state index in [1.165, 1.54) is 5.56 Å². The molecule has 0 unspecified atom stereocenters. The average molecular weight is 173 g/mol. The zero-order valence-corrected chi connectivity index (χ0v) is 8.12. The van der Waals surface area contributed by atoms with Crippen molar-refractivity contribution >= 4 is 11.8 Å². The second kappa shape index (κ2) is 4.51. The molecule has 0 aromatic heterocycles. The zero-order valence-electron chi connectivity index (χ0n) is 8.12. The molecule has 0 fully saturated rings. The molecule has 0 radical (unpaired) electrons. The van der Waals surface area contributed by atoms with Crippen LogP contribution in [0.5, 0.6) is 0 Å². The smallest absolute Gasteiger partial charge is 0.0344 e. The average Bonchev–Trinajstić information content (AvgIpc) is 2.18. The summed E-state index contributed by atoms with van der Waals surface area (Å²) in [6.45, 7) is 3.95. The van der Waals surface area contributed by atoms with E-state index in [0.29, 0.717) is 0 Å². The van der Waals surface area contributed by atoms with Gasteiger partial charge in [-0.25, -0.2) is 0 Å². The van der Waals surface area contributed by atoms with Crippen molar-refractivity contribution in [2.24, 2.45) is 5.73 Å². The summed E-state index contributed by atoms with van der Waals surface area (Å²) in [5, 5.41) is 0. The van der Waals surface area contributed by atoms with Crippen LogP contribution in [0.15, 0.2) is 36.4 Å². The lowest BCUT2D eigenvalue weighted by atomic mass is 10.1. The van der Waals surface area contributed by atoms with Gasteiger partial charge in [0.05, 0.1) is 0 Å². The predicted octanol–water partition coefficient (Wildman–Crippen LogP) is 3.04. The first-order valence-electron chi connectivity index (χ1n) is 4.43. The van der Waals surface area contributed by atoms with Crippen molar-refractivity contribution in [1.29, 1.82) is 0 Å². The summed E-state index contributed by atoms with van der Waals surface area (Å²) >= 11 is 0. The van der Waals surface area contributed by atoms with Gasteiger partial charge in [0.2, 0.25) is 0 Å². The molecule has 0 saturated heterocycles. The molecule has 0 heterocycles. The molecule has 0 atom stereocenters. The Morgan fingerprint density at radius 1 is 1.15 bits per heavy atom. The van der Waals surface area contributed by atoms with Crippen LogP contribution in [0.25, 0.3) is 11.8 Å². The first-order valence-corrected chi connectivity index (χ1v) is 4.43. The van der Waals surface area contributed by atoms with Crippen molar-refractivity contribution in [3.8, 4) is 0 Å². The SMILES string of the molecule is CC=C(N)c1ccc(/C=C/C)cc1. The third-order valence-electron chi connectivity index (χ3n) is 1.91. The van der Waals surface area contributed by atoms with E-state index in [1.807, 2.05) is 38.1 Å². The molecule has 1 nitrogen and oxygen atoms in total. The highest BCUT2D eigenvalue weighted by Gasteiger charge is 1.93. The maximum Gasteiger partial charge on any atom is 0.0344 e. The number of hydrogen-bond acceptors (Lipinski definition) is 1. The monoisotopic (exact) mass is 173 g/mol. The van der Waals surface area contributed by atoms with Crippen molar-refractivity contribution in [2.45, 2.75) is 13.8 Å². The van der Waals surface area contributed by atoms with Crippen molar-refractivity contribution < 1.29 is 0 Å². The van der Waals surface area contributed by atoms with Crippen LogP contribution in [-0.2, 0) is 0 Å². The molecule has 1 rings (SSSR count). The molecule has 2 N–H and O–H groups in total. The number of nitrogens with two attached hydrogens (primary N) is 1. The van der Waals surface area contributed by atoms with Crippen LogP contribution in [0, 0.1) is 0 Å². The van der Waals surface area contributed by atoms with E-state index in [9.17, 15) is 0 Å². The number of rotatable bonds is 2. The molecule has 0 saturated carbocycles. The molecule has 0 bridgehead atoms. The summed E-state index contributed by atoms with van der Waals surface area (Å²) in [7, 11) is 0. The lowest BCUT2D eigenvalue weighted by Gasteiger charge is -2.00. The standard InChI is InChI=1S/C12H15N/c1-3-5-10-6-8-11(9-7-10)12(13)4-2/h3-9H,13H2,1-2H3/b5-3+,12-4?. The maximum atomic E-state index is 5.76. The van der Waals surface area contributed by atoms with E-state index in [1.54, 1.807) is 0 Å². The fourth-order valence-corrected chi connectivity index (χ4v) is 1.15. The van der Waals surface area contributed by atoms with Gasteiger partial charge in [-0.05, 0) is 25.0 Å². The van der Waals surface area contributed by atoms with E-state index < -0.39 is 0 Å². The Bertz CT molecular complexity index is 317. The molecule has 0 spiro atoms. The van der Waals surface area contributed by atoms with Gasteiger partial charge in [0, 0.05) is 5.70 Å². The Labute approximate surface area is 79.6 Å². The summed E-state index contributed by atoms with van der Waals surface area (Å²) < 4.78 is 0. The molecule has 0 aliphatic heterocycles. The number of allylic oxidation sites excluding steroid dienone is 2. The molecule has 1 heteroatoms. The summed E-state index contributed by atoms with van der Waals surface area (Å²) in [4.78, 5) is 0. The fourth-order valence-electron chi connectivity index (χ4n) is 1.15. The van der Waals surface area contributed by atoms with Gasteiger partial charge < -0.3 is 5.73 Å². The van der Waals surface area contributed by atoms with Crippen LogP contribution in [0.4, 0.5) is 0 Å². The first-order chi connectivity index (χ1) is 6.27. The van der Waals surface area contributed by atoms with E-state index in [2.05, 4.69) is 18.2 Å². The van der Waals surface area contributed by atoms with Crippen LogP contribution >= 0.6 is 0 Å². The Balaban J connectivity index is 2.93. The zero-order chi connectivity index (χ0) is 9.68. The van der Waals surface area contributed by atoms with Gasteiger partial charge in [0.1, 0.15) is 0 Å². The second-order valence-corrected chi connectivity index (χ2v) is 2.87. The van der Waals surface area contributed by atoms with Crippen molar-refractivity contribution in [3.05, 3.63) is 47.5 Å². The molecule has 13 heavy (non-hydrogen) atoms. The second-order valence-electron chi connectivity index (χ2n) is 2.87. The highest BCUT2D eigenvalue weighted by atomic mass is 14.6. The predicted molar refractivity (Wildman–Crippen MR) is 59.0 cm³/mol. The summed E-state index contributed by atoms with van der Waals surface area (Å²) in [6, 6.07) is 8.19. The Hall–Kier alpha value is -1.50. The normalized spacial score (nSPS) is 12.3. The lowest BCUT2D eigenvalue weighted by Crippen LogP contribution is -1.94. The molecule has 68 valence electrons. The first kappa shape index (κ1) is 9.59. The van der Waals surface area contributed by atoms with Crippen molar-refractivity contribution in [3.63, 3.8) is 0 Å². The molecule has 0 amide bonds. The van der Waals surface area contributed by atoms with E-state index >= 15 is 0 Å². The van der Waals surface area contributed by atoms with Gasteiger partial charge in [0.25, 0.3) is 0 Å². The van der Waals surface area contributed by atoms with Gasteiger partial charge in [-0.1, -0.05) is 42.5 Å². The maximum absolute atomic E-state index is 5.76. The molecule has 1 aromatic carbocycles. The van der Waals surface area contributed by atoms with Crippen molar-refractivity contribution in [2.75, 3.05) is 0 Å². The Morgan fingerprint density at radius 2 is 1.77 bits per heavy atom. The van der Waals surface area contributed by atoms with Crippen LogP contribution in [0.1, 0.15) is 25.0 Å². The Kier molecular flexibility index (Phi) is 3.32. The van der Waals surface area contributed by atoms with Gasteiger partial charge in [-0.3, -0.25) is 0 Å². The summed E-state index contributed by atoms with van der Waals surface area (Å²) in [5.41, 5.74) is 8.87. The fraction of sp³-hybridized carbons (Fsp3) is 0.167. The van der Waals surface area contributed by atoms with Crippen LogP contribution in [0.3, 0.4) is 0 Å². The minimum Gasteiger partial charge on any atom is -0.399 e. The molecule has 0 aliphatic carbocycles. The highest BCUT2D eigenvalue weighted by Crippen LogP contribution is 2.11. The van der Waals surface area contributed by atoms with E-state index in [0.717, 1.165) is 11.3 Å². The highest BCUT2D eigenvalue weighted by molar-refractivity contribution is 5.64. The molecule has 0 aliphatic rings. The van der Waals surface area contributed by atoms with E-state index in [-0.39, 0.29) is 0 Å². The summed E-state index contributed by atoms with van der Waals surface area (Å²) in [6.07, 6.45) is 5.99. The van der Waals surface area contributed by atoms with Crippen LogP contribution < -0.4 is 5.73 Å². The molecular weight excluding hydrogens is 158 g/mol. The van der Waals surface area contributed by atoms with Gasteiger partial charge in [0.15, 0.2) is 0 Å². The van der Waals surface area contributed by atoms with Crippen molar-refractivity contribution in [1.82, 2.24) is 0 Å². The Morgan fingerprint density at radius 3 is 2.23 bits per heavy atom. The molecule has 1 aromatic rings. The third kappa shape index (κ3) is 2.48. The lowest BCUT2D eigenvalue weighted by molar-refractivity contribution is 1.48. The van der Waals surface area contributed by atoms with Crippen LogP contribution in [-0.4, -0.2) is 0 Å².